The van der Waals surface area contributed by atoms with Gasteiger partial charge in [0.25, 0.3) is 0 Å². The number of carbonyl (C=O) groups is 2. The minimum absolute atomic E-state index is 0.213. The average Bonchev–Trinajstić information content (AvgIpc) is 3.52. The Kier molecular flexibility index (Phi) is 6.37. The first-order valence-electron chi connectivity index (χ1n) is 11.4. The molecule has 5 rings (SSSR count). The van der Waals surface area contributed by atoms with Crippen LogP contribution in [0.25, 0.3) is 11.0 Å². The largest absolute Gasteiger partial charge is 0.466 e. The molecule has 1 unspecified atom stereocenters. The van der Waals surface area contributed by atoms with Gasteiger partial charge in [-0.2, -0.15) is 0 Å². The number of nitrogens with zero attached hydrogens (tertiary/aromatic N) is 3. The Balaban J connectivity index is 1.44. The summed E-state index contributed by atoms with van der Waals surface area (Å²) in [5, 5.41) is 0.877. The highest BCUT2D eigenvalue weighted by Gasteiger charge is 2.32. The summed E-state index contributed by atoms with van der Waals surface area (Å²) in [5.41, 5.74) is 1.29. The van der Waals surface area contributed by atoms with Crippen LogP contribution >= 0.6 is 11.6 Å². The zero-order valence-electron chi connectivity index (χ0n) is 19.0. The fourth-order valence-electron chi connectivity index (χ4n) is 4.28. The third-order valence-corrected chi connectivity index (χ3v) is 6.28. The Morgan fingerprint density at radius 1 is 1.11 bits per heavy atom. The van der Waals surface area contributed by atoms with Crippen LogP contribution < -0.4 is 9.64 Å². The molecule has 1 aliphatic rings. The molecular weight excluding hydrogens is 468 g/mol. The molecule has 0 aliphatic carbocycles. The first kappa shape index (κ1) is 22.9. The molecule has 1 aliphatic heterocycles. The topological polar surface area (TPSA) is 97.4 Å². The average molecular weight is 491 g/mol. The van der Waals surface area contributed by atoms with Gasteiger partial charge in [0.2, 0.25) is 0 Å². The zero-order valence-corrected chi connectivity index (χ0v) is 19.8. The lowest BCUT2D eigenvalue weighted by atomic mass is 10.0. The number of halogens is 1. The number of aromatic nitrogens is 3. The Morgan fingerprint density at radius 2 is 1.94 bits per heavy atom. The standard InChI is InChI=1S/C26H23ClN4O4/c1-2-34-26(33)16-10-11-31(14-16)25-22-20(13-28-24(22)29-15-30-25)23(32)19-9-8-18(12-21(19)27)35-17-6-4-3-5-7-17/h3-9,12-13,15-16H,2,10-11,14H2,1H3,(H,28,29,30). The van der Waals surface area contributed by atoms with Crippen LogP contribution in [-0.2, 0) is 9.53 Å². The molecule has 9 heteroatoms. The van der Waals surface area contributed by atoms with Crippen LogP contribution in [0, 0.1) is 5.92 Å². The van der Waals surface area contributed by atoms with Gasteiger partial charge in [0.05, 0.1) is 28.5 Å². The summed E-state index contributed by atoms with van der Waals surface area (Å²) >= 11 is 6.51. The van der Waals surface area contributed by atoms with Gasteiger partial charge in [-0.3, -0.25) is 9.59 Å². The van der Waals surface area contributed by atoms with Gasteiger partial charge in [0.1, 0.15) is 29.3 Å². The summed E-state index contributed by atoms with van der Waals surface area (Å²) in [6.45, 7) is 3.23. The van der Waals surface area contributed by atoms with Crippen molar-refractivity contribution in [1.82, 2.24) is 15.0 Å². The number of nitrogens with one attached hydrogen (secondary N) is 1. The molecule has 0 bridgehead atoms. The molecule has 35 heavy (non-hydrogen) atoms. The molecule has 4 aromatic rings. The van der Waals surface area contributed by atoms with Gasteiger partial charge in [-0.25, -0.2) is 9.97 Å². The van der Waals surface area contributed by atoms with Crippen LogP contribution in [0.5, 0.6) is 11.5 Å². The lowest BCUT2D eigenvalue weighted by Gasteiger charge is -2.18. The highest BCUT2D eigenvalue weighted by atomic mass is 35.5. The minimum Gasteiger partial charge on any atom is -0.466 e. The minimum atomic E-state index is -0.260. The molecule has 3 heterocycles. The van der Waals surface area contributed by atoms with Crippen LogP contribution in [-0.4, -0.2) is 46.4 Å². The molecular formula is C26H23ClN4O4. The van der Waals surface area contributed by atoms with E-state index in [1.54, 1.807) is 31.3 Å². The van der Waals surface area contributed by atoms with Gasteiger partial charge in [0, 0.05) is 30.9 Å². The summed E-state index contributed by atoms with van der Waals surface area (Å²) < 4.78 is 11.0. The Bertz CT molecular complexity index is 1390. The van der Waals surface area contributed by atoms with Gasteiger partial charge in [-0.1, -0.05) is 29.8 Å². The highest BCUT2D eigenvalue weighted by molar-refractivity contribution is 6.35. The van der Waals surface area contributed by atoms with Gasteiger partial charge >= 0.3 is 5.97 Å². The van der Waals surface area contributed by atoms with Crippen molar-refractivity contribution < 1.29 is 19.1 Å². The van der Waals surface area contributed by atoms with E-state index in [2.05, 4.69) is 15.0 Å². The van der Waals surface area contributed by atoms with Gasteiger partial charge in [-0.05, 0) is 37.6 Å². The zero-order chi connectivity index (χ0) is 24.4. The van der Waals surface area contributed by atoms with Crippen molar-refractivity contribution in [3.63, 3.8) is 0 Å². The van der Waals surface area contributed by atoms with Crippen LogP contribution in [0.1, 0.15) is 29.3 Å². The van der Waals surface area contributed by atoms with E-state index in [4.69, 9.17) is 21.1 Å². The molecule has 0 saturated carbocycles. The number of ketones is 1. The number of anilines is 1. The fraction of sp³-hybridized carbons (Fsp3) is 0.231. The summed E-state index contributed by atoms with van der Waals surface area (Å²) in [7, 11) is 0. The lowest BCUT2D eigenvalue weighted by molar-refractivity contribution is -0.147. The molecule has 1 N–H and O–H groups in total. The SMILES string of the molecule is CCOC(=O)C1CCN(c2ncnc3[nH]cc(C(=O)c4ccc(Oc5ccccc5)cc4Cl)c23)C1. The number of esters is 1. The van der Waals surface area contributed by atoms with E-state index in [1.165, 1.54) is 6.33 Å². The number of hydrogen-bond donors (Lipinski definition) is 1. The van der Waals surface area contributed by atoms with E-state index in [9.17, 15) is 9.59 Å². The molecule has 0 radical (unpaired) electrons. The van der Waals surface area contributed by atoms with Crippen molar-refractivity contribution in [2.75, 3.05) is 24.6 Å². The van der Waals surface area contributed by atoms with Crippen molar-refractivity contribution in [2.45, 2.75) is 13.3 Å². The Labute approximate surface area is 206 Å². The number of H-pyrrole nitrogens is 1. The van der Waals surface area contributed by atoms with E-state index < -0.39 is 0 Å². The van der Waals surface area contributed by atoms with E-state index in [0.29, 0.717) is 65.6 Å². The van der Waals surface area contributed by atoms with Gasteiger partial charge < -0.3 is 19.4 Å². The molecule has 1 atom stereocenters. The molecule has 1 fully saturated rings. The van der Waals surface area contributed by atoms with Crippen LogP contribution in [0.4, 0.5) is 5.82 Å². The smallest absolute Gasteiger partial charge is 0.310 e. The number of hydrogen-bond acceptors (Lipinski definition) is 7. The van der Waals surface area contributed by atoms with Crippen molar-refractivity contribution in [2.24, 2.45) is 5.92 Å². The number of rotatable bonds is 7. The maximum Gasteiger partial charge on any atom is 0.310 e. The molecule has 0 spiro atoms. The van der Waals surface area contributed by atoms with Crippen LogP contribution in [0.15, 0.2) is 61.1 Å². The maximum absolute atomic E-state index is 13.5. The number of aromatic amines is 1. The number of ether oxygens (including phenoxy) is 2. The maximum atomic E-state index is 13.5. The van der Waals surface area contributed by atoms with Crippen LogP contribution in [0.2, 0.25) is 5.02 Å². The predicted octanol–water partition coefficient (Wildman–Crippen LogP) is 5.02. The van der Waals surface area contributed by atoms with Gasteiger partial charge in [0.15, 0.2) is 5.78 Å². The first-order valence-corrected chi connectivity index (χ1v) is 11.7. The second kappa shape index (κ2) is 9.76. The Morgan fingerprint density at radius 3 is 2.71 bits per heavy atom. The van der Waals surface area contributed by atoms with E-state index in [-0.39, 0.29) is 22.7 Å². The van der Waals surface area contributed by atoms with E-state index in [1.807, 2.05) is 35.2 Å². The second-order valence-electron chi connectivity index (χ2n) is 8.19. The van der Waals surface area contributed by atoms with Crippen molar-refractivity contribution in [3.05, 3.63) is 77.2 Å². The predicted molar refractivity (Wildman–Crippen MR) is 132 cm³/mol. The highest BCUT2D eigenvalue weighted by Crippen LogP contribution is 2.34. The summed E-state index contributed by atoms with van der Waals surface area (Å²) in [6, 6.07) is 14.3. The number of para-hydroxylation sites is 1. The van der Waals surface area contributed by atoms with Crippen molar-refractivity contribution in [3.8, 4) is 11.5 Å². The summed E-state index contributed by atoms with van der Waals surface area (Å²) in [5.74, 6) is 1.10. The van der Waals surface area contributed by atoms with E-state index >= 15 is 0 Å². The summed E-state index contributed by atoms with van der Waals surface area (Å²) in [4.78, 5) is 39.6. The quantitative estimate of drug-likeness (QED) is 0.287. The molecule has 2 aromatic carbocycles. The normalized spacial score (nSPS) is 15.4. The second-order valence-corrected chi connectivity index (χ2v) is 8.60. The molecule has 0 amide bonds. The number of carbonyl (C=O) groups excluding carboxylic acids is 2. The summed E-state index contributed by atoms with van der Waals surface area (Å²) in [6.07, 6.45) is 3.73. The first-order chi connectivity index (χ1) is 17.0. The molecule has 8 nitrogen and oxygen atoms in total. The van der Waals surface area contributed by atoms with Gasteiger partial charge in [-0.15, -0.1) is 0 Å². The lowest BCUT2D eigenvalue weighted by Crippen LogP contribution is -2.25. The van der Waals surface area contributed by atoms with Crippen molar-refractivity contribution in [1.29, 1.82) is 0 Å². The van der Waals surface area contributed by atoms with Crippen LogP contribution in [0.3, 0.4) is 0 Å². The van der Waals surface area contributed by atoms with Crippen molar-refractivity contribution >= 4 is 40.2 Å². The fourth-order valence-corrected chi connectivity index (χ4v) is 4.54. The molecule has 178 valence electrons. The number of benzene rings is 2. The third kappa shape index (κ3) is 4.57. The molecule has 2 aromatic heterocycles. The number of fused-ring (bicyclic) bond motifs is 1. The third-order valence-electron chi connectivity index (χ3n) is 5.97. The monoisotopic (exact) mass is 490 g/mol. The van der Waals surface area contributed by atoms with E-state index in [0.717, 1.165) is 0 Å². The molecule has 1 saturated heterocycles. The Hall–Kier alpha value is -3.91.